The third-order valence-corrected chi connectivity index (χ3v) is 10.2. The van der Waals surface area contributed by atoms with Gasteiger partial charge in [0.05, 0.1) is 22.4 Å². The van der Waals surface area contributed by atoms with E-state index in [1.54, 1.807) is 0 Å². The Morgan fingerprint density at radius 1 is 0.500 bits per heavy atom. The average Bonchev–Trinajstić information content (AvgIpc) is 3.70. The van der Waals surface area contributed by atoms with Crippen LogP contribution in [0.4, 0.5) is 0 Å². The van der Waals surface area contributed by atoms with Crippen LogP contribution >= 0.6 is 0 Å². The Bertz CT molecular complexity index is 2990. The largest absolute Gasteiger partial charge is 0.455 e. The van der Waals surface area contributed by atoms with Crippen molar-refractivity contribution in [2.24, 2.45) is 0 Å². The minimum Gasteiger partial charge on any atom is -0.455 e. The lowest BCUT2D eigenvalue weighted by Crippen LogP contribution is -1.96. The standard InChI is InChI=1S/C46H27N3O/c1-2-12-28(13-3-1)29-14-10-15-30(26-29)38-24-25-47-46(48-38)37-27-36-32-17-5-8-22-40(32)49-39-21-7-4-16-31(39)33-19-11-20-35(44(33)49)43(36)45-42(37)34-18-6-9-23-41(34)50-45/h1-27H. The van der Waals surface area contributed by atoms with Gasteiger partial charge in [-0.25, -0.2) is 9.97 Å². The Morgan fingerprint density at radius 3 is 2.16 bits per heavy atom. The first-order valence-corrected chi connectivity index (χ1v) is 16.9. The fourth-order valence-electron chi connectivity index (χ4n) is 8.06. The molecule has 1 aliphatic rings. The van der Waals surface area contributed by atoms with Crippen molar-refractivity contribution in [3.05, 3.63) is 164 Å². The summed E-state index contributed by atoms with van der Waals surface area (Å²) in [5.41, 5.74) is 14.9. The van der Waals surface area contributed by atoms with Gasteiger partial charge in [0.25, 0.3) is 0 Å². The van der Waals surface area contributed by atoms with Crippen molar-refractivity contribution < 1.29 is 4.42 Å². The molecule has 4 nitrogen and oxygen atoms in total. The van der Waals surface area contributed by atoms with Crippen LogP contribution in [0.1, 0.15) is 0 Å². The summed E-state index contributed by atoms with van der Waals surface area (Å²) < 4.78 is 9.35. The van der Waals surface area contributed by atoms with Crippen LogP contribution in [0.5, 0.6) is 0 Å². The SMILES string of the molecule is c1ccc(-c2cccc(-c3ccnc(-c4cc5c(c6oc7ccccc7c46)-c4cccc6c7ccccc7n(c46)-c4ccccc4-5)n3)c2)cc1. The van der Waals surface area contributed by atoms with Gasteiger partial charge in [-0.15, -0.1) is 0 Å². The summed E-state index contributed by atoms with van der Waals surface area (Å²) >= 11 is 0. The molecule has 0 fully saturated rings. The van der Waals surface area contributed by atoms with Gasteiger partial charge in [0.15, 0.2) is 5.82 Å². The maximum absolute atomic E-state index is 6.92. The quantitative estimate of drug-likeness (QED) is 0.194. The molecule has 3 aromatic heterocycles. The third kappa shape index (κ3) is 3.81. The molecule has 0 unspecified atom stereocenters. The van der Waals surface area contributed by atoms with E-state index in [0.29, 0.717) is 5.82 Å². The van der Waals surface area contributed by atoms with Gasteiger partial charge in [0.1, 0.15) is 11.2 Å². The number of aromatic nitrogens is 3. The van der Waals surface area contributed by atoms with Crippen LogP contribution in [0.2, 0.25) is 0 Å². The van der Waals surface area contributed by atoms with Gasteiger partial charge < -0.3 is 8.98 Å². The molecule has 50 heavy (non-hydrogen) atoms. The number of nitrogens with zero attached hydrogens (tertiary/aromatic N) is 3. The summed E-state index contributed by atoms with van der Waals surface area (Å²) in [5, 5.41) is 4.53. The summed E-state index contributed by atoms with van der Waals surface area (Å²) in [4.78, 5) is 10.2. The predicted molar refractivity (Wildman–Crippen MR) is 204 cm³/mol. The Labute approximate surface area is 287 Å². The smallest absolute Gasteiger partial charge is 0.160 e. The second-order valence-electron chi connectivity index (χ2n) is 12.9. The number of hydrogen-bond donors (Lipinski definition) is 0. The van der Waals surface area contributed by atoms with Gasteiger partial charge in [-0.1, -0.05) is 121 Å². The highest BCUT2D eigenvalue weighted by atomic mass is 16.3. The maximum atomic E-state index is 6.92. The number of rotatable bonds is 3. The van der Waals surface area contributed by atoms with E-state index in [4.69, 9.17) is 14.4 Å². The Morgan fingerprint density at radius 2 is 1.22 bits per heavy atom. The number of para-hydroxylation sites is 4. The molecule has 7 aromatic carbocycles. The molecule has 0 saturated heterocycles. The van der Waals surface area contributed by atoms with E-state index in [9.17, 15) is 0 Å². The maximum Gasteiger partial charge on any atom is 0.160 e. The highest BCUT2D eigenvalue weighted by Crippen LogP contribution is 2.52. The Hall–Kier alpha value is -6.78. The van der Waals surface area contributed by atoms with Crippen molar-refractivity contribution >= 4 is 43.7 Å². The zero-order chi connectivity index (χ0) is 32.8. The molecule has 0 N–H and O–H groups in total. The molecule has 4 heteroatoms. The van der Waals surface area contributed by atoms with Gasteiger partial charge in [0.2, 0.25) is 0 Å². The van der Waals surface area contributed by atoms with E-state index < -0.39 is 0 Å². The first-order chi connectivity index (χ1) is 24.8. The average molecular weight is 638 g/mol. The predicted octanol–water partition coefficient (Wildman–Crippen LogP) is 12.1. The van der Waals surface area contributed by atoms with Crippen molar-refractivity contribution in [1.29, 1.82) is 0 Å². The molecule has 0 bridgehead atoms. The second-order valence-corrected chi connectivity index (χ2v) is 12.9. The molecule has 0 atom stereocenters. The minimum absolute atomic E-state index is 0.664. The topological polar surface area (TPSA) is 43.9 Å². The lowest BCUT2D eigenvalue weighted by molar-refractivity contribution is 0.670. The van der Waals surface area contributed by atoms with Crippen molar-refractivity contribution in [2.45, 2.75) is 0 Å². The van der Waals surface area contributed by atoms with E-state index in [-0.39, 0.29) is 0 Å². The zero-order valence-electron chi connectivity index (χ0n) is 26.8. The van der Waals surface area contributed by atoms with Gasteiger partial charge in [0, 0.05) is 55.6 Å². The summed E-state index contributed by atoms with van der Waals surface area (Å²) in [5.74, 6) is 0.664. The zero-order valence-corrected chi connectivity index (χ0v) is 26.8. The number of fused-ring (bicyclic) bond motifs is 12. The first kappa shape index (κ1) is 27.2. The lowest BCUT2D eigenvalue weighted by Gasteiger charge is -2.15. The number of hydrogen-bond acceptors (Lipinski definition) is 3. The molecule has 0 radical (unpaired) electrons. The molecule has 232 valence electrons. The summed E-state index contributed by atoms with van der Waals surface area (Å²) in [6.07, 6.45) is 1.87. The summed E-state index contributed by atoms with van der Waals surface area (Å²) in [7, 11) is 0. The monoisotopic (exact) mass is 637 g/mol. The molecule has 0 amide bonds. The minimum atomic E-state index is 0.664. The van der Waals surface area contributed by atoms with Crippen LogP contribution < -0.4 is 0 Å². The van der Waals surface area contributed by atoms with E-state index in [0.717, 1.165) is 72.3 Å². The summed E-state index contributed by atoms with van der Waals surface area (Å²) in [6, 6.07) is 55.7. The van der Waals surface area contributed by atoms with E-state index in [1.165, 1.54) is 27.4 Å². The highest BCUT2D eigenvalue weighted by molar-refractivity contribution is 6.23. The van der Waals surface area contributed by atoms with Gasteiger partial charge >= 0.3 is 0 Å². The van der Waals surface area contributed by atoms with Crippen LogP contribution in [0.25, 0.3) is 105 Å². The molecule has 1 aliphatic heterocycles. The van der Waals surface area contributed by atoms with Crippen LogP contribution in [0.3, 0.4) is 0 Å². The normalized spacial score (nSPS) is 12.0. The van der Waals surface area contributed by atoms with Crippen LogP contribution in [-0.2, 0) is 0 Å². The molecule has 0 aliphatic carbocycles. The summed E-state index contributed by atoms with van der Waals surface area (Å²) in [6.45, 7) is 0. The van der Waals surface area contributed by atoms with Crippen molar-refractivity contribution in [1.82, 2.24) is 14.5 Å². The van der Waals surface area contributed by atoms with Crippen molar-refractivity contribution in [2.75, 3.05) is 0 Å². The number of benzene rings is 7. The molecule has 4 heterocycles. The Balaban J connectivity index is 1.23. The molecule has 0 saturated carbocycles. The van der Waals surface area contributed by atoms with Crippen molar-refractivity contribution in [3.63, 3.8) is 0 Å². The molecule has 0 spiro atoms. The van der Waals surface area contributed by atoms with E-state index >= 15 is 0 Å². The van der Waals surface area contributed by atoms with Crippen LogP contribution in [0.15, 0.2) is 168 Å². The molecular weight excluding hydrogens is 611 g/mol. The first-order valence-electron chi connectivity index (χ1n) is 16.9. The van der Waals surface area contributed by atoms with E-state index in [2.05, 4.69) is 144 Å². The fourth-order valence-corrected chi connectivity index (χ4v) is 8.06. The van der Waals surface area contributed by atoms with Gasteiger partial charge in [-0.3, -0.25) is 0 Å². The van der Waals surface area contributed by atoms with Gasteiger partial charge in [-0.2, -0.15) is 0 Å². The van der Waals surface area contributed by atoms with Crippen LogP contribution in [-0.4, -0.2) is 14.5 Å². The number of furan rings is 1. The molecule has 11 rings (SSSR count). The Kier molecular flexibility index (Phi) is 5.63. The molecule has 10 aromatic rings. The van der Waals surface area contributed by atoms with Crippen molar-refractivity contribution in [3.8, 4) is 61.7 Å². The highest BCUT2D eigenvalue weighted by Gasteiger charge is 2.29. The van der Waals surface area contributed by atoms with Crippen LogP contribution in [0, 0.1) is 0 Å². The lowest BCUT2D eigenvalue weighted by atomic mass is 9.89. The second kappa shape index (κ2) is 10.4. The third-order valence-electron chi connectivity index (χ3n) is 10.2. The molecular formula is C46H27N3O. The fraction of sp³-hybridized carbons (Fsp3) is 0. The van der Waals surface area contributed by atoms with Gasteiger partial charge in [-0.05, 0) is 53.1 Å². The van der Waals surface area contributed by atoms with E-state index in [1.807, 2.05) is 24.4 Å².